The number of amides is 1. The zero-order chi connectivity index (χ0) is 24.0. The Bertz CT molecular complexity index is 1160. The first-order valence-corrected chi connectivity index (χ1v) is 10.9. The SMILES string of the molecule is CC(C)OCCCN(CCN)C(=O)c1c(O)c2ncc(Cc3ccc(F)cc3)cc2[nH]c1=O. The summed E-state index contributed by atoms with van der Waals surface area (Å²) in [5.74, 6) is -1.40. The number of nitrogens with zero attached hydrogens (tertiary/aromatic N) is 2. The number of pyridine rings is 2. The Labute approximate surface area is 191 Å². The van der Waals surface area contributed by atoms with Crippen molar-refractivity contribution in [2.75, 3.05) is 26.2 Å². The van der Waals surface area contributed by atoms with E-state index in [9.17, 15) is 19.1 Å². The standard InChI is InChI=1S/C24H29FN4O4/c1-15(2)33-11-3-9-29(10-8-26)24(32)20-22(30)21-19(28-23(20)31)13-17(14-27-21)12-16-4-6-18(25)7-5-16/h4-7,13-15H,3,8-12,26H2,1-2H3,(H2,28,30,31). The van der Waals surface area contributed by atoms with Crippen molar-refractivity contribution in [3.05, 3.63) is 69.4 Å². The predicted molar refractivity (Wildman–Crippen MR) is 124 cm³/mol. The van der Waals surface area contributed by atoms with Gasteiger partial charge in [-0.3, -0.25) is 14.6 Å². The van der Waals surface area contributed by atoms with Crippen molar-refractivity contribution in [3.8, 4) is 5.75 Å². The van der Waals surface area contributed by atoms with Crippen LogP contribution in [0.3, 0.4) is 0 Å². The van der Waals surface area contributed by atoms with Crippen LogP contribution in [0, 0.1) is 5.82 Å². The van der Waals surface area contributed by atoms with Crippen molar-refractivity contribution in [1.82, 2.24) is 14.9 Å². The molecule has 2 heterocycles. The monoisotopic (exact) mass is 456 g/mol. The molecule has 0 radical (unpaired) electrons. The van der Waals surface area contributed by atoms with Gasteiger partial charge in [0.15, 0.2) is 5.75 Å². The zero-order valence-corrected chi connectivity index (χ0v) is 18.8. The molecule has 1 amide bonds. The van der Waals surface area contributed by atoms with Crippen LogP contribution in [-0.2, 0) is 11.2 Å². The topological polar surface area (TPSA) is 122 Å². The summed E-state index contributed by atoms with van der Waals surface area (Å²) >= 11 is 0. The fourth-order valence-electron chi connectivity index (χ4n) is 3.54. The molecule has 0 saturated heterocycles. The fraction of sp³-hybridized carbons (Fsp3) is 0.375. The Hall–Kier alpha value is -3.30. The lowest BCUT2D eigenvalue weighted by Gasteiger charge is -2.22. The number of ether oxygens (including phenoxy) is 1. The van der Waals surface area contributed by atoms with Gasteiger partial charge in [0, 0.05) is 32.4 Å². The largest absolute Gasteiger partial charge is 0.505 e. The number of aromatic hydroxyl groups is 1. The minimum atomic E-state index is -0.703. The van der Waals surface area contributed by atoms with Crippen LogP contribution < -0.4 is 11.3 Å². The van der Waals surface area contributed by atoms with E-state index in [-0.39, 0.29) is 36.1 Å². The Morgan fingerprint density at radius 2 is 1.97 bits per heavy atom. The number of H-pyrrole nitrogens is 1. The van der Waals surface area contributed by atoms with Gasteiger partial charge in [-0.1, -0.05) is 12.1 Å². The number of hydrogen-bond acceptors (Lipinski definition) is 6. The van der Waals surface area contributed by atoms with E-state index >= 15 is 0 Å². The summed E-state index contributed by atoms with van der Waals surface area (Å²) in [5, 5.41) is 10.7. The average Bonchev–Trinajstić information content (AvgIpc) is 2.77. The second kappa shape index (κ2) is 11.0. The third-order valence-corrected chi connectivity index (χ3v) is 5.13. The van der Waals surface area contributed by atoms with Crippen LogP contribution in [0.1, 0.15) is 41.8 Å². The maximum Gasteiger partial charge on any atom is 0.265 e. The van der Waals surface area contributed by atoms with Gasteiger partial charge in [-0.25, -0.2) is 4.39 Å². The molecule has 8 nitrogen and oxygen atoms in total. The lowest BCUT2D eigenvalue weighted by atomic mass is 10.1. The quantitative estimate of drug-likeness (QED) is 0.403. The summed E-state index contributed by atoms with van der Waals surface area (Å²) in [4.78, 5) is 34.2. The van der Waals surface area contributed by atoms with E-state index in [4.69, 9.17) is 10.5 Å². The molecule has 0 spiro atoms. The minimum absolute atomic E-state index is 0.0788. The number of aromatic nitrogens is 2. The van der Waals surface area contributed by atoms with E-state index in [1.807, 2.05) is 13.8 Å². The molecule has 3 rings (SSSR count). The average molecular weight is 457 g/mol. The number of halogens is 1. The highest BCUT2D eigenvalue weighted by atomic mass is 19.1. The molecule has 0 aliphatic rings. The third-order valence-electron chi connectivity index (χ3n) is 5.13. The number of nitrogens with one attached hydrogen (secondary N) is 1. The molecule has 0 aliphatic heterocycles. The highest BCUT2D eigenvalue weighted by molar-refractivity contribution is 6.01. The van der Waals surface area contributed by atoms with E-state index in [1.54, 1.807) is 24.4 Å². The van der Waals surface area contributed by atoms with Crippen molar-refractivity contribution in [2.24, 2.45) is 5.73 Å². The fourth-order valence-corrected chi connectivity index (χ4v) is 3.54. The molecule has 176 valence electrons. The molecule has 33 heavy (non-hydrogen) atoms. The van der Waals surface area contributed by atoms with Crippen LogP contribution >= 0.6 is 0 Å². The first kappa shape index (κ1) is 24.3. The Morgan fingerprint density at radius 3 is 2.64 bits per heavy atom. The van der Waals surface area contributed by atoms with Crippen LogP contribution in [0.15, 0.2) is 41.3 Å². The smallest absolute Gasteiger partial charge is 0.265 e. The van der Waals surface area contributed by atoms with Crippen molar-refractivity contribution in [2.45, 2.75) is 32.8 Å². The lowest BCUT2D eigenvalue weighted by Crippen LogP contribution is -2.39. The van der Waals surface area contributed by atoms with Gasteiger partial charge in [0.25, 0.3) is 11.5 Å². The lowest BCUT2D eigenvalue weighted by molar-refractivity contribution is 0.0619. The van der Waals surface area contributed by atoms with E-state index in [0.717, 1.165) is 11.1 Å². The maximum atomic E-state index is 13.1. The van der Waals surface area contributed by atoms with Crippen molar-refractivity contribution < 1.29 is 19.0 Å². The summed E-state index contributed by atoms with van der Waals surface area (Å²) in [6.45, 7) is 5.10. The summed E-state index contributed by atoms with van der Waals surface area (Å²) in [6.07, 6.45) is 2.67. The van der Waals surface area contributed by atoms with Gasteiger partial charge in [0.05, 0.1) is 11.6 Å². The molecule has 0 saturated carbocycles. The molecule has 0 fully saturated rings. The number of nitrogens with two attached hydrogens (primary N) is 1. The van der Waals surface area contributed by atoms with Gasteiger partial charge in [0.2, 0.25) is 0 Å². The predicted octanol–water partition coefficient (Wildman–Crippen LogP) is 2.57. The summed E-state index contributed by atoms with van der Waals surface area (Å²) in [5.41, 5.74) is 6.65. The molecule has 9 heteroatoms. The van der Waals surface area contributed by atoms with Crippen molar-refractivity contribution >= 4 is 16.9 Å². The molecule has 0 unspecified atom stereocenters. The normalized spacial score (nSPS) is 11.3. The van der Waals surface area contributed by atoms with Crippen LogP contribution in [-0.4, -0.2) is 58.2 Å². The van der Waals surface area contributed by atoms with E-state index in [2.05, 4.69) is 9.97 Å². The third kappa shape index (κ3) is 6.15. The first-order valence-electron chi connectivity index (χ1n) is 10.9. The van der Waals surface area contributed by atoms with Crippen LogP contribution in [0.2, 0.25) is 0 Å². The highest BCUT2D eigenvalue weighted by Gasteiger charge is 2.24. The Kier molecular flexibility index (Phi) is 8.13. The van der Waals surface area contributed by atoms with Gasteiger partial charge in [0.1, 0.15) is 16.9 Å². The molecule has 0 bridgehead atoms. The van der Waals surface area contributed by atoms with E-state index < -0.39 is 17.2 Å². The number of carbonyl (C=O) groups is 1. The first-order chi connectivity index (χ1) is 15.8. The van der Waals surface area contributed by atoms with Crippen LogP contribution in [0.4, 0.5) is 4.39 Å². The zero-order valence-electron chi connectivity index (χ0n) is 18.8. The number of hydrogen-bond donors (Lipinski definition) is 3. The van der Waals surface area contributed by atoms with Crippen molar-refractivity contribution in [1.29, 1.82) is 0 Å². The highest BCUT2D eigenvalue weighted by Crippen LogP contribution is 2.25. The summed E-state index contributed by atoms with van der Waals surface area (Å²) in [7, 11) is 0. The number of benzene rings is 1. The molecule has 2 aromatic heterocycles. The molecular formula is C24H29FN4O4. The summed E-state index contributed by atoms with van der Waals surface area (Å²) < 4.78 is 18.6. The number of fused-ring (bicyclic) bond motifs is 1. The van der Waals surface area contributed by atoms with Gasteiger partial charge in [-0.15, -0.1) is 0 Å². The molecule has 3 aromatic rings. The Balaban J connectivity index is 1.85. The second-order valence-electron chi connectivity index (χ2n) is 8.07. The molecule has 1 aromatic carbocycles. The van der Waals surface area contributed by atoms with Crippen molar-refractivity contribution in [3.63, 3.8) is 0 Å². The van der Waals surface area contributed by atoms with Crippen LogP contribution in [0.25, 0.3) is 11.0 Å². The Morgan fingerprint density at radius 1 is 1.24 bits per heavy atom. The van der Waals surface area contributed by atoms with Gasteiger partial charge in [-0.05, 0) is 56.0 Å². The van der Waals surface area contributed by atoms with E-state index in [0.29, 0.717) is 31.5 Å². The van der Waals surface area contributed by atoms with E-state index in [1.165, 1.54) is 17.0 Å². The molecule has 0 aliphatic carbocycles. The summed E-state index contributed by atoms with van der Waals surface area (Å²) in [6, 6.07) is 7.76. The number of aromatic amines is 1. The molecule has 4 N–H and O–H groups in total. The minimum Gasteiger partial charge on any atom is -0.505 e. The molecular weight excluding hydrogens is 427 g/mol. The van der Waals surface area contributed by atoms with Gasteiger partial charge < -0.3 is 25.5 Å². The van der Waals surface area contributed by atoms with Crippen LogP contribution in [0.5, 0.6) is 5.75 Å². The number of carbonyl (C=O) groups excluding carboxylic acids is 1. The van der Waals surface area contributed by atoms with Gasteiger partial charge in [-0.2, -0.15) is 0 Å². The van der Waals surface area contributed by atoms with Gasteiger partial charge >= 0.3 is 0 Å². The molecule has 0 atom stereocenters. The second-order valence-corrected chi connectivity index (χ2v) is 8.07. The maximum absolute atomic E-state index is 13.1. The number of rotatable bonds is 10.